The molecule has 1 aromatic rings. The molecule has 1 aliphatic rings. The molecule has 0 saturated heterocycles. The Bertz CT molecular complexity index is 554. The number of anilines is 1. The van der Waals surface area contributed by atoms with Crippen LogP contribution in [0.5, 0.6) is 0 Å². The molecule has 0 aliphatic heterocycles. The van der Waals surface area contributed by atoms with Crippen molar-refractivity contribution in [3.05, 3.63) is 27.3 Å². The molecule has 6 heteroatoms. The Kier molecular flexibility index (Phi) is 5.21. The summed E-state index contributed by atoms with van der Waals surface area (Å²) in [4.78, 5) is 23.4. The van der Waals surface area contributed by atoms with Crippen LogP contribution in [0.3, 0.4) is 0 Å². The molecule has 1 saturated carbocycles. The first kappa shape index (κ1) is 16.2. The first-order valence-electron chi connectivity index (χ1n) is 7.01. The summed E-state index contributed by atoms with van der Waals surface area (Å²) in [6.07, 6.45) is 5.19. The fourth-order valence-corrected chi connectivity index (χ4v) is 3.24. The van der Waals surface area contributed by atoms with Gasteiger partial charge in [0, 0.05) is 15.5 Å². The van der Waals surface area contributed by atoms with Crippen molar-refractivity contribution in [2.45, 2.75) is 44.1 Å². The molecule has 1 aliphatic carbocycles. The van der Waals surface area contributed by atoms with Gasteiger partial charge in [-0.3, -0.25) is 4.79 Å². The van der Waals surface area contributed by atoms with Gasteiger partial charge in [0.2, 0.25) is 5.91 Å². The number of hydrogen-bond donors (Lipinski definition) is 3. The molecule has 1 amide bonds. The Morgan fingerprint density at radius 1 is 1.29 bits per heavy atom. The first-order chi connectivity index (χ1) is 9.89. The van der Waals surface area contributed by atoms with Crippen molar-refractivity contribution in [3.63, 3.8) is 0 Å². The molecule has 2 rings (SSSR count). The number of nitrogens with two attached hydrogens (primary N) is 1. The summed E-state index contributed by atoms with van der Waals surface area (Å²) >= 11 is 2.04. The number of hydrogen-bond acceptors (Lipinski definition) is 3. The van der Waals surface area contributed by atoms with E-state index in [0.29, 0.717) is 5.69 Å². The van der Waals surface area contributed by atoms with Gasteiger partial charge in [0.05, 0.1) is 11.3 Å². The maximum absolute atomic E-state index is 12.2. The third-order valence-corrected chi connectivity index (χ3v) is 4.52. The fourth-order valence-electron chi connectivity index (χ4n) is 2.75. The fraction of sp³-hybridized carbons (Fsp3) is 0.467. The van der Waals surface area contributed by atoms with Gasteiger partial charge < -0.3 is 16.2 Å². The highest BCUT2D eigenvalue weighted by Gasteiger charge is 2.30. The monoisotopic (exact) mass is 402 g/mol. The Morgan fingerprint density at radius 3 is 2.57 bits per heavy atom. The number of carboxylic acids is 1. The zero-order valence-corrected chi connectivity index (χ0v) is 13.9. The zero-order chi connectivity index (χ0) is 15.5. The van der Waals surface area contributed by atoms with Crippen molar-refractivity contribution >= 4 is 40.2 Å². The van der Waals surface area contributed by atoms with E-state index in [9.17, 15) is 14.7 Å². The van der Waals surface area contributed by atoms with E-state index in [1.54, 1.807) is 12.1 Å². The lowest BCUT2D eigenvalue weighted by molar-refractivity contribution is -0.117. The molecule has 1 fully saturated rings. The summed E-state index contributed by atoms with van der Waals surface area (Å²) in [7, 11) is 0. The molecule has 4 N–H and O–H groups in total. The Labute approximate surface area is 137 Å². The summed E-state index contributed by atoms with van der Waals surface area (Å²) in [6, 6.07) is 4.92. The maximum Gasteiger partial charge on any atom is 0.337 e. The van der Waals surface area contributed by atoms with Crippen molar-refractivity contribution in [1.29, 1.82) is 0 Å². The van der Waals surface area contributed by atoms with Crippen LogP contribution in [0.1, 0.15) is 48.9 Å². The molecular weight excluding hydrogens is 383 g/mol. The zero-order valence-electron chi connectivity index (χ0n) is 11.7. The van der Waals surface area contributed by atoms with Crippen LogP contribution < -0.4 is 11.1 Å². The van der Waals surface area contributed by atoms with Gasteiger partial charge in [-0.25, -0.2) is 4.79 Å². The van der Waals surface area contributed by atoms with E-state index < -0.39 is 11.5 Å². The Balaban J connectivity index is 2.07. The molecule has 0 aromatic heterocycles. The van der Waals surface area contributed by atoms with E-state index in [1.807, 2.05) is 22.6 Å². The molecular formula is C15H19IN2O3. The van der Waals surface area contributed by atoms with Crippen LogP contribution in [0.25, 0.3) is 0 Å². The van der Waals surface area contributed by atoms with Gasteiger partial charge in [-0.1, -0.05) is 19.3 Å². The van der Waals surface area contributed by atoms with Gasteiger partial charge in [0.1, 0.15) is 0 Å². The van der Waals surface area contributed by atoms with Crippen LogP contribution in [-0.4, -0.2) is 22.5 Å². The SMILES string of the molecule is NC1(CC(=O)Nc2ccc(I)cc2C(=O)O)CCCCC1. The second-order valence-electron chi connectivity index (χ2n) is 5.64. The quantitative estimate of drug-likeness (QED) is 0.676. The highest BCUT2D eigenvalue weighted by Crippen LogP contribution is 2.29. The molecule has 0 unspecified atom stereocenters. The third-order valence-electron chi connectivity index (χ3n) is 3.85. The van der Waals surface area contributed by atoms with Crippen LogP contribution in [0.4, 0.5) is 5.69 Å². The number of nitrogens with one attached hydrogen (secondary N) is 1. The lowest BCUT2D eigenvalue weighted by Crippen LogP contribution is -2.44. The van der Waals surface area contributed by atoms with Crippen LogP contribution in [-0.2, 0) is 4.79 Å². The lowest BCUT2D eigenvalue weighted by Gasteiger charge is -2.32. The molecule has 0 heterocycles. The van der Waals surface area contributed by atoms with E-state index in [4.69, 9.17) is 5.73 Å². The maximum atomic E-state index is 12.2. The topological polar surface area (TPSA) is 92.4 Å². The molecule has 5 nitrogen and oxygen atoms in total. The third kappa shape index (κ3) is 4.41. The Morgan fingerprint density at radius 2 is 1.95 bits per heavy atom. The molecule has 114 valence electrons. The molecule has 1 aromatic carbocycles. The minimum Gasteiger partial charge on any atom is -0.478 e. The summed E-state index contributed by atoms with van der Waals surface area (Å²) in [5.74, 6) is -1.27. The number of amides is 1. The largest absolute Gasteiger partial charge is 0.478 e. The summed E-state index contributed by atoms with van der Waals surface area (Å²) in [5.41, 5.74) is 6.24. The summed E-state index contributed by atoms with van der Waals surface area (Å²) in [6.45, 7) is 0. The highest BCUT2D eigenvalue weighted by molar-refractivity contribution is 14.1. The van der Waals surface area contributed by atoms with E-state index in [-0.39, 0.29) is 17.9 Å². The van der Waals surface area contributed by atoms with Crippen LogP contribution >= 0.6 is 22.6 Å². The van der Waals surface area contributed by atoms with E-state index in [1.165, 1.54) is 12.5 Å². The van der Waals surface area contributed by atoms with Gasteiger partial charge in [-0.05, 0) is 53.6 Å². The van der Waals surface area contributed by atoms with E-state index in [0.717, 1.165) is 29.3 Å². The van der Waals surface area contributed by atoms with E-state index in [2.05, 4.69) is 5.32 Å². The van der Waals surface area contributed by atoms with Crippen molar-refractivity contribution in [2.24, 2.45) is 5.73 Å². The van der Waals surface area contributed by atoms with Gasteiger partial charge in [-0.15, -0.1) is 0 Å². The smallest absolute Gasteiger partial charge is 0.337 e. The van der Waals surface area contributed by atoms with Crippen LogP contribution in [0.15, 0.2) is 18.2 Å². The second-order valence-corrected chi connectivity index (χ2v) is 6.89. The number of carboxylic acid groups (broad SMARTS) is 1. The minimum atomic E-state index is -1.05. The molecule has 0 radical (unpaired) electrons. The van der Waals surface area contributed by atoms with Gasteiger partial charge in [0.15, 0.2) is 0 Å². The lowest BCUT2D eigenvalue weighted by atomic mass is 9.80. The van der Waals surface area contributed by atoms with Gasteiger partial charge in [-0.2, -0.15) is 0 Å². The van der Waals surface area contributed by atoms with Crippen molar-refractivity contribution in [3.8, 4) is 0 Å². The second kappa shape index (κ2) is 6.74. The first-order valence-corrected chi connectivity index (χ1v) is 8.09. The molecule has 21 heavy (non-hydrogen) atoms. The summed E-state index contributed by atoms with van der Waals surface area (Å²) < 4.78 is 0.811. The number of aromatic carboxylic acids is 1. The predicted molar refractivity (Wildman–Crippen MR) is 89.4 cm³/mol. The predicted octanol–water partition coefficient (Wildman–Crippen LogP) is 2.98. The van der Waals surface area contributed by atoms with Gasteiger partial charge in [0.25, 0.3) is 0 Å². The average Bonchev–Trinajstić information content (AvgIpc) is 2.40. The van der Waals surface area contributed by atoms with Crippen molar-refractivity contribution in [1.82, 2.24) is 0 Å². The standard InChI is InChI=1S/C15H19IN2O3/c16-10-4-5-12(11(8-10)14(20)21)18-13(19)9-15(17)6-2-1-3-7-15/h4-5,8H,1-3,6-7,9,17H2,(H,18,19)(H,20,21). The number of benzene rings is 1. The van der Waals surface area contributed by atoms with E-state index >= 15 is 0 Å². The van der Waals surface area contributed by atoms with Crippen molar-refractivity contribution < 1.29 is 14.7 Å². The number of rotatable bonds is 4. The number of carbonyl (C=O) groups excluding carboxylic acids is 1. The summed E-state index contributed by atoms with van der Waals surface area (Å²) in [5, 5.41) is 11.9. The Hall–Kier alpha value is -1.15. The molecule has 0 bridgehead atoms. The minimum absolute atomic E-state index is 0.102. The normalized spacial score (nSPS) is 17.2. The van der Waals surface area contributed by atoms with Crippen LogP contribution in [0.2, 0.25) is 0 Å². The van der Waals surface area contributed by atoms with Crippen molar-refractivity contribution in [2.75, 3.05) is 5.32 Å². The average molecular weight is 402 g/mol. The van der Waals surface area contributed by atoms with Crippen LogP contribution in [0, 0.1) is 3.57 Å². The number of carbonyl (C=O) groups is 2. The highest BCUT2D eigenvalue weighted by atomic mass is 127. The molecule has 0 spiro atoms. The van der Waals surface area contributed by atoms with Gasteiger partial charge >= 0.3 is 5.97 Å². The number of halogens is 1. The molecule has 0 atom stereocenters.